The lowest BCUT2D eigenvalue weighted by Gasteiger charge is -2.15. The van der Waals surface area contributed by atoms with Gasteiger partial charge in [0.2, 0.25) is 5.91 Å². The Hall–Kier alpha value is -2.33. The number of benzene rings is 1. The van der Waals surface area contributed by atoms with Gasteiger partial charge in [-0.3, -0.25) is 4.79 Å². The van der Waals surface area contributed by atoms with Crippen LogP contribution in [0.4, 0.5) is 0 Å². The Morgan fingerprint density at radius 1 is 1.26 bits per heavy atom. The zero-order chi connectivity index (χ0) is 13.5. The van der Waals surface area contributed by atoms with Crippen LogP contribution >= 0.6 is 0 Å². The van der Waals surface area contributed by atoms with Crippen molar-refractivity contribution in [3.05, 3.63) is 66.1 Å². The summed E-state index contributed by atoms with van der Waals surface area (Å²) in [6.45, 7) is -0.148. The second kappa shape index (κ2) is 6.56. The maximum absolute atomic E-state index is 11.7. The summed E-state index contributed by atoms with van der Waals surface area (Å²) in [5.41, 5.74) is 0.866. The van der Waals surface area contributed by atoms with Gasteiger partial charge in [0, 0.05) is 6.08 Å². The highest BCUT2D eigenvalue weighted by molar-refractivity contribution is 5.91. The minimum atomic E-state index is -0.407. The van der Waals surface area contributed by atoms with Gasteiger partial charge in [-0.2, -0.15) is 0 Å². The fourth-order valence-corrected chi connectivity index (χ4v) is 1.68. The van der Waals surface area contributed by atoms with Crippen molar-refractivity contribution in [1.82, 2.24) is 5.32 Å². The van der Waals surface area contributed by atoms with Crippen LogP contribution in [0.25, 0.3) is 6.08 Å². The fourth-order valence-electron chi connectivity index (χ4n) is 1.68. The summed E-state index contributed by atoms with van der Waals surface area (Å²) in [5.74, 6) is 0.328. The number of hydrogen-bond acceptors (Lipinski definition) is 3. The molecular weight excluding hydrogens is 242 g/mol. The SMILES string of the molecule is O=C(/C=C/c1ccco1)NC(CO)c1ccccc1. The van der Waals surface area contributed by atoms with Crippen molar-refractivity contribution in [2.24, 2.45) is 0 Å². The van der Waals surface area contributed by atoms with E-state index in [0.717, 1.165) is 5.56 Å². The molecule has 2 N–H and O–H groups in total. The van der Waals surface area contributed by atoms with E-state index in [1.807, 2.05) is 30.3 Å². The minimum absolute atomic E-state index is 0.148. The van der Waals surface area contributed by atoms with Crippen LogP contribution in [0.2, 0.25) is 0 Å². The molecule has 0 fully saturated rings. The molecule has 1 heterocycles. The van der Waals surface area contributed by atoms with Crippen molar-refractivity contribution in [1.29, 1.82) is 0 Å². The molecule has 4 nitrogen and oxygen atoms in total. The Morgan fingerprint density at radius 3 is 2.68 bits per heavy atom. The third-order valence-corrected chi connectivity index (χ3v) is 2.64. The first-order chi connectivity index (χ1) is 9.29. The number of nitrogens with one attached hydrogen (secondary N) is 1. The van der Waals surface area contributed by atoms with Gasteiger partial charge >= 0.3 is 0 Å². The first-order valence-electron chi connectivity index (χ1n) is 5.97. The molecular formula is C15H15NO3. The molecule has 0 aliphatic heterocycles. The highest BCUT2D eigenvalue weighted by atomic mass is 16.3. The van der Waals surface area contributed by atoms with Crippen molar-refractivity contribution in [2.75, 3.05) is 6.61 Å². The molecule has 1 aromatic heterocycles. The van der Waals surface area contributed by atoms with E-state index in [1.165, 1.54) is 12.3 Å². The van der Waals surface area contributed by atoms with Crippen LogP contribution in [0.3, 0.4) is 0 Å². The van der Waals surface area contributed by atoms with Crippen LogP contribution in [0.15, 0.2) is 59.2 Å². The highest BCUT2D eigenvalue weighted by Crippen LogP contribution is 2.11. The monoisotopic (exact) mass is 257 g/mol. The van der Waals surface area contributed by atoms with Gasteiger partial charge in [0.05, 0.1) is 18.9 Å². The topological polar surface area (TPSA) is 62.5 Å². The largest absolute Gasteiger partial charge is 0.465 e. The number of rotatable bonds is 5. The average Bonchev–Trinajstić information content (AvgIpc) is 2.97. The molecule has 19 heavy (non-hydrogen) atoms. The van der Waals surface area contributed by atoms with E-state index in [-0.39, 0.29) is 12.5 Å². The van der Waals surface area contributed by atoms with Crippen molar-refractivity contribution < 1.29 is 14.3 Å². The molecule has 98 valence electrons. The number of amides is 1. The Labute approximate surface area is 111 Å². The molecule has 0 aliphatic carbocycles. The quantitative estimate of drug-likeness (QED) is 0.807. The van der Waals surface area contributed by atoms with Crippen LogP contribution < -0.4 is 5.32 Å². The summed E-state index contributed by atoms with van der Waals surface area (Å²) in [6.07, 6.45) is 4.50. The van der Waals surface area contributed by atoms with Crippen LogP contribution in [0, 0.1) is 0 Å². The minimum Gasteiger partial charge on any atom is -0.465 e. The van der Waals surface area contributed by atoms with Crippen LogP contribution in [0.1, 0.15) is 17.4 Å². The van der Waals surface area contributed by atoms with Gasteiger partial charge in [0.1, 0.15) is 5.76 Å². The predicted molar refractivity (Wildman–Crippen MR) is 72.2 cm³/mol. The summed E-state index contributed by atoms with van der Waals surface area (Å²) in [6, 6.07) is 12.4. The molecule has 1 atom stereocenters. The molecule has 0 spiro atoms. The Kier molecular flexibility index (Phi) is 4.53. The van der Waals surface area contributed by atoms with Gasteiger partial charge in [-0.1, -0.05) is 30.3 Å². The fraction of sp³-hybridized carbons (Fsp3) is 0.133. The lowest BCUT2D eigenvalue weighted by Crippen LogP contribution is -2.29. The molecule has 4 heteroatoms. The van der Waals surface area contributed by atoms with E-state index in [0.29, 0.717) is 5.76 Å². The Morgan fingerprint density at radius 2 is 2.05 bits per heavy atom. The van der Waals surface area contributed by atoms with Gasteiger partial charge in [-0.15, -0.1) is 0 Å². The summed E-state index contributed by atoms with van der Waals surface area (Å²) in [5, 5.41) is 12.1. The third-order valence-electron chi connectivity index (χ3n) is 2.64. The first kappa shape index (κ1) is 13.1. The van der Waals surface area contributed by atoms with E-state index < -0.39 is 6.04 Å². The Balaban J connectivity index is 1.97. The molecule has 0 aliphatic rings. The maximum Gasteiger partial charge on any atom is 0.244 e. The van der Waals surface area contributed by atoms with Crippen molar-refractivity contribution in [3.63, 3.8) is 0 Å². The molecule has 1 aromatic carbocycles. The van der Waals surface area contributed by atoms with Crippen LogP contribution in [-0.2, 0) is 4.79 Å². The molecule has 1 amide bonds. The van der Waals surface area contributed by atoms with E-state index in [2.05, 4.69) is 5.32 Å². The highest BCUT2D eigenvalue weighted by Gasteiger charge is 2.11. The molecule has 0 bridgehead atoms. The Bertz CT molecular complexity index is 532. The number of hydrogen-bond donors (Lipinski definition) is 2. The van der Waals surface area contributed by atoms with E-state index >= 15 is 0 Å². The molecule has 1 unspecified atom stereocenters. The van der Waals surface area contributed by atoms with Gasteiger partial charge in [-0.25, -0.2) is 0 Å². The van der Waals surface area contributed by atoms with Gasteiger partial charge < -0.3 is 14.8 Å². The second-order valence-corrected chi connectivity index (χ2v) is 4.00. The third kappa shape index (κ3) is 3.82. The normalized spacial score (nSPS) is 12.5. The van der Waals surface area contributed by atoms with E-state index in [4.69, 9.17) is 4.42 Å². The van der Waals surface area contributed by atoms with Gasteiger partial charge in [-0.05, 0) is 23.8 Å². The molecule has 0 saturated carbocycles. The van der Waals surface area contributed by atoms with Gasteiger partial charge in [0.15, 0.2) is 0 Å². The number of carbonyl (C=O) groups is 1. The molecule has 2 aromatic rings. The lowest BCUT2D eigenvalue weighted by molar-refractivity contribution is -0.117. The summed E-state index contributed by atoms with van der Waals surface area (Å²) in [7, 11) is 0. The van der Waals surface area contributed by atoms with Crippen LogP contribution in [-0.4, -0.2) is 17.6 Å². The van der Waals surface area contributed by atoms with Crippen molar-refractivity contribution in [2.45, 2.75) is 6.04 Å². The second-order valence-electron chi connectivity index (χ2n) is 4.00. The predicted octanol–water partition coefficient (Wildman–Crippen LogP) is 2.14. The summed E-state index contributed by atoms with van der Waals surface area (Å²) in [4.78, 5) is 11.7. The number of aliphatic hydroxyl groups excluding tert-OH is 1. The smallest absolute Gasteiger partial charge is 0.244 e. The van der Waals surface area contributed by atoms with E-state index in [1.54, 1.807) is 18.2 Å². The van der Waals surface area contributed by atoms with Crippen molar-refractivity contribution in [3.8, 4) is 0 Å². The molecule has 0 radical (unpaired) electrons. The summed E-state index contributed by atoms with van der Waals surface area (Å²) >= 11 is 0. The van der Waals surface area contributed by atoms with E-state index in [9.17, 15) is 9.90 Å². The zero-order valence-corrected chi connectivity index (χ0v) is 10.3. The maximum atomic E-state index is 11.7. The molecule has 2 rings (SSSR count). The average molecular weight is 257 g/mol. The zero-order valence-electron chi connectivity index (χ0n) is 10.3. The van der Waals surface area contributed by atoms with Crippen molar-refractivity contribution >= 4 is 12.0 Å². The first-order valence-corrected chi connectivity index (χ1v) is 5.97. The number of aliphatic hydroxyl groups is 1. The standard InChI is InChI=1S/C15H15NO3/c17-11-14(12-5-2-1-3-6-12)16-15(18)9-8-13-7-4-10-19-13/h1-10,14,17H,11H2,(H,16,18)/b9-8+. The summed E-state index contributed by atoms with van der Waals surface area (Å²) < 4.78 is 5.08. The number of carbonyl (C=O) groups excluding carboxylic acids is 1. The molecule has 0 saturated heterocycles. The van der Waals surface area contributed by atoms with Crippen LogP contribution in [0.5, 0.6) is 0 Å². The van der Waals surface area contributed by atoms with Gasteiger partial charge in [0.25, 0.3) is 0 Å². The lowest BCUT2D eigenvalue weighted by atomic mass is 10.1. The number of furan rings is 1.